The van der Waals surface area contributed by atoms with Gasteiger partial charge in [0.2, 0.25) is 0 Å². The third-order valence-electron chi connectivity index (χ3n) is 2.36. The minimum absolute atomic E-state index is 0.00577. The Morgan fingerprint density at radius 2 is 2.00 bits per heavy atom. The van der Waals surface area contributed by atoms with E-state index < -0.39 is 0 Å². The van der Waals surface area contributed by atoms with Crippen LogP contribution in [0.1, 0.15) is 12.5 Å². The smallest absolute Gasteiger partial charge is 0.319 e. The molecule has 1 aromatic carbocycles. The van der Waals surface area contributed by atoms with Gasteiger partial charge in [-0.15, -0.1) is 0 Å². The monoisotopic (exact) mass is 251 g/mol. The van der Waals surface area contributed by atoms with Crippen LogP contribution in [-0.2, 0) is 0 Å². The first-order valence-electron chi connectivity index (χ1n) is 5.40. The van der Waals surface area contributed by atoms with Crippen LogP contribution < -0.4 is 16.4 Å². The van der Waals surface area contributed by atoms with E-state index in [9.17, 15) is 4.79 Å². The molecular weight excluding hydrogens is 234 g/mol. The molecule has 5 heteroatoms. The number of anilines is 1. The first-order valence-corrected chi connectivity index (χ1v) is 5.80. The summed E-state index contributed by atoms with van der Waals surface area (Å²) in [6.07, 6.45) is 0. The van der Waals surface area contributed by atoms with Gasteiger partial charge in [-0.25, -0.2) is 4.79 Å². The molecule has 0 saturated carbocycles. The van der Waals surface area contributed by atoms with Gasteiger partial charge in [0.05, 0.1) is 4.99 Å². The lowest BCUT2D eigenvalue weighted by atomic mass is 10.2. The van der Waals surface area contributed by atoms with Crippen LogP contribution in [0.3, 0.4) is 0 Å². The number of carbonyl (C=O) groups is 1. The maximum atomic E-state index is 11.5. The van der Waals surface area contributed by atoms with Gasteiger partial charge in [-0.1, -0.05) is 36.8 Å². The fourth-order valence-electron chi connectivity index (χ4n) is 1.16. The van der Waals surface area contributed by atoms with Crippen molar-refractivity contribution in [2.45, 2.75) is 13.8 Å². The van der Waals surface area contributed by atoms with Gasteiger partial charge in [-0.3, -0.25) is 0 Å². The molecule has 4 nitrogen and oxygen atoms in total. The molecule has 0 saturated heterocycles. The van der Waals surface area contributed by atoms with E-state index in [1.165, 1.54) is 0 Å². The zero-order valence-corrected chi connectivity index (χ0v) is 10.8. The predicted molar refractivity (Wildman–Crippen MR) is 74.1 cm³/mol. The van der Waals surface area contributed by atoms with Crippen molar-refractivity contribution >= 4 is 28.9 Å². The SMILES string of the molecule is Cc1ccc(NC(=O)NCC(C)C(N)=S)cc1. The summed E-state index contributed by atoms with van der Waals surface area (Å²) in [5, 5.41) is 5.44. The average molecular weight is 251 g/mol. The molecule has 0 spiro atoms. The molecule has 1 rings (SSSR count). The quantitative estimate of drug-likeness (QED) is 0.717. The van der Waals surface area contributed by atoms with Crippen molar-refractivity contribution in [2.24, 2.45) is 11.7 Å². The Balaban J connectivity index is 2.39. The van der Waals surface area contributed by atoms with Crippen molar-refractivity contribution in [3.05, 3.63) is 29.8 Å². The van der Waals surface area contributed by atoms with Gasteiger partial charge >= 0.3 is 6.03 Å². The molecule has 0 fully saturated rings. The van der Waals surface area contributed by atoms with Crippen molar-refractivity contribution in [3.8, 4) is 0 Å². The Morgan fingerprint density at radius 3 is 2.53 bits per heavy atom. The van der Waals surface area contributed by atoms with Gasteiger partial charge in [-0.05, 0) is 19.1 Å². The third-order valence-corrected chi connectivity index (χ3v) is 2.77. The molecule has 1 aromatic rings. The maximum absolute atomic E-state index is 11.5. The number of aryl methyl sites for hydroxylation is 1. The summed E-state index contributed by atoms with van der Waals surface area (Å²) in [6, 6.07) is 7.33. The van der Waals surface area contributed by atoms with Crippen LogP contribution in [0.5, 0.6) is 0 Å². The first-order chi connectivity index (χ1) is 7.99. The Bertz CT molecular complexity index is 403. The van der Waals surface area contributed by atoms with Crippen LogP contribution >= 0.6 is 12.2 Å². The largest absolute Gasteiger partial charge is 0.393 e. The number of nitrogens with one attached hydrogen (secondary N) is 2. The Kier molecular flexibility index (Phi) is 4.90. The highest BCUT2D eigenvalue weighted by atomic mass is 32.1. The molecule has 92 valence electrons. The van der Waals surface area contributed by atoms with E-state index in [1.807, 2.05) is 38.1 Å². The van der Waals surface area contributed by atoms with Gasteiger partial charge in [0.15, 0.2) is 0 Å². The molecule has 0 aliphatic heterocycles. The van der Waals surface area contributed by atoms with E-state index in [-0.39, 0.29) is 11.9 Å². The second-order valence-electron chi connectivity index (χ2n) is 4.00. The number of thiocarbonyl (C=S) groups is 1. The summed E-state index contributed by atoms with van der Waals surface area (Å²) in [6.45, 7) is 4.30. The summed E-state index contributed by atoms with van der Waals surface area (Å²) >= 11 is 4.82. The highest BCUT2D eigenvalue weighted by molar-refractivity contribution is 7.80. The molecular formula is C12H17N3OS. The molecule has 0 aliphatic carbocycles. The minimum atomic E-state index is -0.253. The second kappa shape index (κ2) is 6.20. The molecule has 1 atom stereocenters. The number of urea groups is 1. The molecule has 0 aromatic heterocycles. The Hall–Kier alpha value is -1.62. The van der Waals surface area contributed by atoms with Crippen molar-refractivity contribution in [3.63, 3.8) is 0 Å². The summed E-state index contributed by atoms with van der Waals surface area (Å²) in [7, 11) is 0. The molecule has 17 heavy (non-hydrogen) atoms. The molecule has 0 heterocycles. The second-order valence-corrected chi connectivity index (χ2v) is 4.48. The summed E-state index contributed by atoms with van der Waals surface area (Å²) in [5.41, 5.74) is 7.36. The van der Waals surface area contributed by atoms with E-state index in [4.69, 9.17) is 18.0 Å². The van der Waals surface area contributed by atoms with Crippen LogP contribution in [-0.4, -0.2) is 17.6 Å². The third kappa shape index (κ3) is 4.82. The van der Waals surface area contributed by atoms with Crippen LogP contribution in [0.4, 0.5) is 10.5 Å². The van der Waals surface area contributed by atoms with Crippen LogP contribution in [0.2, 0.25) is 0 Å². The zero-order chi connectivity index (χ0) is 12.8. The minimum Gasteiger partial charge on any atom is -0.393 e. The van der Waals surface area contributed by atoms with E-state index >= 15 is 0 Å². The zero-order valence-electron chi connectivity index (χ0n) is 9.99. The van der Waals surface area contributed by atoms with Gasteiger partial charge < -0.3 is 16.4 Å². The summed E-state index contributed by atoms with van der Waals surface area (Å²) < 4.78 is 0. The number of amides is 2. The normalized spacial score (nSPS) is 11.6. The van der Waals surface area contributed by atoms with E-state index in [1.54, 1.807) is 0 Å². The van der Waals surface area contributed by atoms with Gasteiger partial charge in [0.1, 0.15) is 0 Å². The van der Waals surface area contributed by atoms with Gasteiger partial charge in [0, 0.05) is 18.2 Å². The van der Waals surface area contributed by atoms with Crippen LogP contribution in [0.25, 0.3) is 0 Å². The number of rotatable bonds is 4. The van der Waals surface area contributed by atoms with Crippen molar-refractivity contribution in [1.29, 1.82) is 0 Å². The Labute approximate surface area is 107 Å². The van der Waals surface area contributed by atoms with E-state index in [0.717, 1.165) is 11.3 Å². The summed E-state index contributed by atoms with van der Waals surface area (Å²) in [5.74, 6) is -0.00577. The molecule has 1 unspecified atom stereocenters. The highest BCUT2D eigenvalue weighted by Gasteiger charge is 2.07. The number of hydrogen-bond acceptors (Lipinski definition) is 2. The fraction of sp³-hybridized carbons (Fsp3) is 0.333. The molecule has 0 radical (unpaired) electrons. The number of nitrogens with two attached hydrogens (primary N) is 1. The highest BCUT2D eigenvalue weighted by Crippen LogP contribution is 2.08. The maximum Gasteiger partial charge on any atom is 0.319 e. The van der Waals surface area contributed by atoms with Crippen LogP contribution in [0.15, 0.2) is 24.3 Å². The standard InChI is InChI=1S/C12H17N3OS/c1-8-3-5-10(6-4-8)15-12(16)14-7-9(2)11(13)17/h3-6,9H,7H2,1-2H3,(H2,13,17)(H2,14,15,16). The topological polar surface area (TPSA) is 67.2 Å². The predicted octanol–water partition coefficient (Wildman–Crippen LogP) is 2.04. The van der Waals surface area contributed by atoms with E-state index in [0.29, 0.717) is 11.5 Å². The summed E-state index contributed by atoms with van der Waals surface area (Å²) in [4.78, 5) is 11.9. The molecule has 4 N–H and O–H groups in total. The Morgan fingerprint density at radius 1 is 1.41 bits per heavy atom. The van der Waals surface area contributed by atoms with Crippen molar-refractivity contribution in [2.75, 3.05) is 11.9 Å². The van der Waals surface area contributed by atoms with E-state index in [2.05, 4.69) is 10.6 Å². The number of benzene rings is 1. The number of carbonyl (C=O) groups excluding carboxylic acids is 1. The van der Waals surface area contributed by atoms with Gasteiger partial charge in [-0.2, -0.15) is 0 Å². The fourth-order valence-corrected chi connectivity index (χ4v) is 1.24. The lowest BCUT2D eigenvalue weighted by Crippen LogP contribution is -2.36. The van der Waals surface area contributed by atoms with Crippen molar-refractivity contribution < 1.29 is 4.79 Å². The lowest BCUT2D eigenvalue weighted by Gasteiger charge is -2.11. The van der Waals surface area contributed by atoms with Crippen molar-refractivity contribution in [1.82, 2.24) is 5.32 Å². The number of hydrogen-bond donors (Lipinski definition) is 3. The van der Waals surface area contributed by atoms with Crippen LogP contribution in [0, 0.1) is 12.8 Å². The average Bonchev–Trinajstić information content (AvgIpc) is 2.29. The molecule has 0 bridgehead atoms. The van der Waals surface area contributed by atoms with Gasteiger partial charge in [0.25, 0.3) is 0 Å². The molecule has 2 amide bonds. The lowest BCUT2D eigenvalue weighted by molar-refractivity contribution is 0.251. The first kappa shape index (κ1) is 13.4. The molecule has 0 aliphatic rings.